The minimum atomic E-state index is 0.455. The number of aryl methyl sites for hydroxylation is 1. The molecular weight excluding hydrogens is 278 g/mol. The van der Waals surface area contributed by atoms with Crippen LogP contribution in [0.3, 0.4) is 0 Å². The Hall–Kier alpha value is -1.31. The molecule has 0 fully saturated rings. The second-order valence-corrected chi connectivity index (χ2v) is 6.02. The Kier molecular flexibility index (Phi) is 6.28. The molecule has 0 bridgehead atoms. The molecule has 1 N–H and O–H groups in total. The molecule has 0 aliphatic heterocycles. The van der Waals surface area contributed by atoms with Gasteiger partial charge >= 0.3 is 0 Å². The van der Waals surface area contributed by atoms with Gasteiger partial charge in [0.25, 0.3) is 0 Å². The number of rotatable bonds is 7. The summed E-state index contributed by atoms with van der Waals surface area (Å²) in [6, 6.07) is 17.0. The van der Waals surface area contributed by atoms with E-state index in [2.05, 4.69) is 55.6 Å². The molecule has 1 nitrogen and oxygen atoms in total. The Bertz CT molecular complexity index is 565. The second-order valence-electron chi connectivity index (χ2n) is 5.61. The summed E-state index contributed by atoms with van der Waals surface area (Å²) in [5.74, 6) is 0.455. The molecule has 2 rings (SSSR count). The zero-order valence-corrected chi connectivity index (χ0v) is 13.7. The third kappa shape index (κ3) is 4.87. The lowest BCUT2D eigenvalue weighted by Gasteiger charge is -2.19. The SMILES string of the molecule is CCCNCC(Cc1ccccc1Cl)c1cccc(C)c1. The van der Waals surface area contributed by atoms with Crippen molar-refractivity contribution in [3.05, 3.63) is 70.2 Å². The van der Waals surface area contributed by atoms with Gasteiger partial charge in [-0.05, 0) is 43.5 Å². The van der Waals surface area contributed by atoms with Crippen molar-refractivity contribution in [2.24, 2.45) is 0 Å². The van der Waals surface area contributed by atoms with Gasteiger partial charge in [0.15, 0.2) is 0 Å². The molecule has 0 aliphatic rings. The van der Waals surface area contributed by atoms with Crippen molar-refractivity contribution in [3.8, 4) is 0 Å². The monoisotopic (exact) mass is 301 g/mol. The highest BCUT2D eigenvalue weighted by atomic mass is 35.5. The maximum atomic E-state index is 6.33. The average molecular weight is 302 g/mol. The van der Waals surface area contributed by atoms with E-state index in [9.17, 15) is 0 Å². The summed E-state index contributed by atoms with van der Waals surface area (Å²) in [5.41, 5.74) is 3.93. The van der Waals surface area contributed by atoms with Gasteiger partial charge in [0.05, 0.1) is 0 Å². The van der Waals surface area contributed by atoms with E-state index in [0.29, 0.717) is 5.92 Å². The Morgan fingerprint density at radius 1 is 1.10 bits per heavy atom. The summed E-state index contributed by atoms with van der Waals surface area (Å²) in [5, 5.41) is 4.42. The molecule has 0 aromatic heterocycles. The largest absolute Gasteiger partial charge is 0.316 e. The van der Waals surface area contributed by atoms with Gasteiger partial charge in [-0.15, -0.1) is 0 Å². The first-order chi connectivity index (χ1) is 10.2. The summed E-state index contributed by atoms with van der Waals surface area (Å²) in [6.45, 7) is 6.39. The molecule has 0 heterocycles. The molecular formula is C19H24ClN. The molecule has 2 aromatic carbocycles. The van der Waals surface area contributed by atoms with Crippen molar-refractivity contribution in [2.75, 3.05) is 13.1 Å². The van der Waals surface area contributed by atoms with Crippen molar-refractivity contribution in [1.82, 2.24) is 5.32 Å². The zero-order chi connectivity index (χ0) is 15.1. The molecule has 2 aromatic rings. The third-order valence-corrected chi connectivity index (χ3v) is 4.12. The highest BCUT2D eigenvalue weighted by molar-refractivity contribution is 6.31. The van der Waals surface area contributed by atoms with Crippen LogP contribution < -0.4 is 5.32 Å². The van der Waals surface area contributed by atoms with Crippen LogP contribution in [-0.2, 0) is 6.42 Å². The molecule has 0 amide bonds. The van der Waals surface area contributed by atoms with Gasteiger partial charge < -0.3 is 5.32 Å². The fourth-order valence-corrected chi connectivity index (χ4v) is 2.83. The van der Waals surface area contributed by atoms with Crippen molar-refractivity contribution in [2.45, 2.75) is 32.6 Å². The summed E-state index contributed by atoms with van der Waals surface area (Å²) in [6.07, 6.45) is 2.13. The predicted octanol–water partition coefficient (Wildman–Crippen LogP) is 4.97. The van der Waals surface area contributed by atoms with Crippen molar-refractivity contribution in [3.63, 3.8) is 0 Å². The first-order valence-electron chi connectivity index (χ1n) is 7.71. The number of halogens is 1. The van der Waals surface area contributed by atoms with E-state index in [1.807, 2.05) is 12.1 Å². The Balaban J connectivity index is 2.17. The molecule has 0 radical (unpaired) electrons. The molecule has 112 valence electrons. The van der Waals surface area contributed by atoms with E-state index in [-0.39, 0.29) is 0 Å². The van der Waals surface area contributed by atoms with E-state index < -0.39 is 0 Å². The van der Waals surface area contributed by atoms with Gasteiger partial charge in [0.1, 0.15) is 0 Å². The van der Waals surface area contributed by atoms with Gasteiger partial charge in [-0.1, -0.05) is 66.6 Å². The van der Waals surface area contributed by atoms with Gasteiger partial charge in [0.2, 0.25) is 0 Å². The average Bonchev–Trinajstić information content (AvgIpc) is 2.48. The van der Waals surface area contributed by atoms with Crippen molar-refractivity contribution >= 4 is 11.6 Å². The minimum Gasteiger partial charge on any atom is -0.316 e. The van der Waals surface area contributed by atoms with E-state index in [0.717, 1.165) is 31.0 Å². The second kappa shape index (κ2) is 8.21. The Labute approximate surface area is 133 Å². The van der Waals surface area contributed by atoms with E-state index in [4.69, 9.17) is 11.6 Å². The minimum absolute atomic E-state index is 0.455. The van der Waals surface area contributed by atoms with Crippen molar-refractivity contribution in [1.29, 1.82) is 0 Å². The third-order valence-electron chi connectivity index (χ3n) is 3.76. The molecule has 0 spiro atoms. The van der Waals surface area contributed by atoms with E-state index in [1.165, 1.54) is 16.7 Å². The van der Waals surface area contributed by atoms with Crippen LogP contribution in [0.25, 0.3) is 0 Å². The lowest BCUT2D eigenvalue weighted by atomic mass is 9.91. The molecule has 1 atom stereocenters. The summed E-state index contributed by atoms with van der Waals surface area (Å²) in [4.78, 5) is 0. The predicted molar refractivity (Wildman–Crippen MR) is 92.2 cm³/mol. The van der Waals surface area contributed by atoms with Crippen LogP contribution in [0.1, 0.15) is 36.0 Å². The molecule has 0 aliphatic carbocycles. The Morgan fingerprint density at radius 3 is 2.62 bits per heavy atom. The van der Waals surface area contributed by atoms with Crippen LogP contribution in [0.15, 0.2) is 48.5 Å². The zero-order valence-electron chi connectivity index (χ0n) is 12.9. The maximum absolute atomic E-state index is 6.33. The molecule has 21 heavy (non-hydrogen) atoms. The normalized spacial score (nSPS) is 12.3. The fourth-order valence-electron chi connectivity index (χ4n) is 2.61. The lowest BCUT2D eigenvalue weighted by molar-refractivity contribution is 0.576. The molecule has 2 heteroatoms. The van der Waals surface area contributed by atoms with Crippen LogP contribution in [0.5, 0.6) is 0 Å². The fraction of sp³-hybridized carbons (Fsp3) is 0.368. The van der Waals surface area contributed by atoms with Crippen LogP contribution in [0, 0.1) is 6.92 Å². The highest BCUT2D eigenvalue weighted by Crippen LogP contribution is 2.25. The Morgan fingerprint density at radius 2 is 1.90 bits per heavy atom. The number of hydrogen-bond donors (Lipinski definition) is 1. The van der Waals surface area contributed by atoms with E-state index in [1.54, 1.807) is 0 Å². The first kappa shape index (κ1) is 16.1. The van der Waals surface area contributed by atoms with Crippen LogP contribution in [0.4, 0.5) is 0 Å². The number of hydrogen-bond acceptors (Lipinski definition) is 1. The molecule has 0 saturated heterocycles. The van der Waals surface area contributed by atoms with Crippen LogP contribution in [0.2, 0.25) is 5.02 Å². The number of benzene rings is 2. The van der Waals surface area contributed by atoms with Crippen LogP contribution in [-0.4, -0.2) is 13.1 Å². The molecule has 1 unspecified atom stereocenters. The van der Waals surface area contributed by atoms with Crippen molar-refractivity contribution < 1.29 is 0 Å². The van der Waals surface area contributed by atoms with Gasteiger partial charge in [-0.25, -0.2) is 0 Å². The maximum Gasteiger partial charge on any atom is 0.0438 e. The summed E-state index contributed by atoms with van der Waals surface area (Å²) >= 11 is 6.33. The first-order valence-corrected chi connectivity index (χ1v) is 8.09. The quantitative estimate of drug-likeness (QED) is 0.712. The highest BCUT2D eigenvalue weighted by Gasteiger charge is 2.14. The number of nitrogens with one attached hydrogen (secondary N) is 1. The van der Waals surface area contributed by atoms with Gasteiger partial charge in [-0.2, -0.15) is 0 Å². The standard InChI is InChI=1S/C19H24ClN/c1-3-11-21-14-18(16-9-6-7-15(2)12-16)13-17-8-4-5-10-19(17)20/h4-10,12,18,21H,3,11,13-14H2,1-2H3. The van der Waals surface area contributed by atoms with Crippen LogP contribution >= 0.6 is 11.6 Å². The summed E-state index contributed by atoms with van der Waals surface area (Å²) in [7, 11) is 0. The summed E-state index contributed by atoms with van der Waals surface area (Å²) < 4.78 is 0. The lowest BCUT2D eigenvalue weighted by Crippen LogP contribution is -2.23. The topological polar surface area (TPSA) is 12.0 Å². The smallest absolute Gasteiger partial charge is 0.0438 e. The van der Waals surface area contributed by atoms with Gasteiger partial charge in [0, 0.05) is 17.5 Å². The van der Waals surface area contributed by atoms with Gasteiger partial charge in [-0.3, -0.25) is 0 Å². The van der Waals surface area contributed by atoms with E-state index >= 15 is 0 Å². The molecule has 0 saturated carbocycles.